The maximum absolute atomic E-state index is 12.5. The molecule has 1 atom stereocenters. The Labute approximate surface area is 134 Å². The number of methoxy groups -OCH3 is 1. The van der Waals surface area contributed by atoms with E-state index in [0.717, 1.165) is 23.3 Å². The van der Waals surface area contributed by atoms with Gasteiger partial charge < -0.3 is 15.8 Å². The molecule has 22 heavy (non-hydrogen) atoms. The summed E-state index contributed by atoms with van der Waals surface area (Å²) < 4.78 is 5.38. The molecule has 0 radical (unpaired) electrons. The predicted molar refractivity (Wildman–Crippen MR) is 89.3 cm³/mol. The monoisotopic (exact) mass is 316 g/mol. The Kier molecular flexibility index (Phi) is 4.45. The number of thiophene rings is 1. The second-order valence-corrected chi connectivity index (χ2v) is 6.58. The van der Waals surface area contributed by atoms with E-state index in [2.05, 4.69) is 5.32 Å². The number of hydrogen-bond donors (Lipinski definition) is 2. The van der Waals surface area contributed by atoms with Crippen LogP contribution in [-0.2, 0) is 0 Å². The number of carbonyl (C=O) groups is 1. The van der Waals surface area contributed by atoms with Gasteiger partial charge in [0.1, 0.15) is 10.6 Å². The SMILES string of the molecule is COc1cc(-c2ccccc2)sc1C(=O)NC(CN)C1CC1. The molecule has 1 amide bonds. The number of rotatable bonds is 6. The zero-order valence-corrected chi connectivity index (χ0v) is 13.4. The number of hydrogen-bond acceptors (Lipinski definition) is 4. The largest absolute Gasteiger partial charge is 0.495 e. The summed E-state index contributed by atoms with van der Waals surface area (Å²) in [5.41, 5.74) is 6.85. The van der Waals surface area contributed by atoms with Crippen molar-refractivity contribution in [2.75, 3.05) is 13.7 Å². The van der Waals surface area contributed by atoms with Crippen molar-refractivity contribution in [2.45, 2.75) is 18.9 Å². The Balaban J connectivity index is 1.83. The summed E-state index contributed by atoms with van der Waals surface area (Å²) in [6, 6.07) is 12.0. The first-order chi connectivity index (χ1) is 10.7. The highest BCUT2D eigenvalue weighted by Crippen LogP contribution is 2.37. The molecule has 116 valence electrons. The summed E-state index contributed by atoms with van der Waals surface area (Å²) in [6.45, 7) is 0.482. The second-order valence-electron chi connectivity index (χ2n) is 5.53. The third-order valence-electron chi connectivity index (χ3n) is 3.94. The number of benzene rings is 1. The van der Waals surface area contributed by atoms with Gasteiger partial charge in [0.25, 0.3) is 5.91 Å². The summed E-state index contributed by atoms with van der Waals surface area (Å²) in [5.74, 6) is 1.06. The molecule has 1 aliphatic rings. The summed E-state index contributed by atoms with van der Waals surface area (Å²) in [4.78, 5) is 14.2. The fourth-order valence-corrected chi connectivity index (χ4v) is 3.56. The van der Waals surface area contributed by atoms with E-state index in [-0.39, 0.29) is 11.9 Å². The highest BCUT2D eigenvalue weighted by molar-refractivity contribution is 7.17. The zero-order chi connectivity index (χ0) is 15.5. The number of nitrogens with two attached hydrogens (primary N) is 1. The van der Waals surface area contributed by atoms with Crippen LogP contribution in [0.3, 0.4) is 0 Å². The number of carbonyl (C=O) groups excluding carboxylic acids is 1. The van der Waals surface area contributed by atoms with E-state index in [9.17, 15) is 4.79 Å². The van der Waals surface area contributed by atoms with E-state index in [1.807, 2.05) is 36.4 Å². The first kappa shape index (κ1) is 15.1. The van der Waals surface area contributed by atoms with Crippen molar-refractivity contribution >= 4 is 17.2 Å². The van der Waals surface area contributed by atoms with Crippen LogP contribution in [0.4, 0.5) is 0 Å². The molecule has 4 nitrogen and oxygen atoms in total. The number of amides is 1. The molecule has 0 saturated heterocycles. The van der Waals surface area contributed by atoms with Crippen LogP contribution in [0, 0.1) is 5.92 Å². The van der Waals surface area contributed by atoms with Gasteiger partial charge in [0, 0.05) is 17.5 Å². The Morgan fingerprint density at radius 2 is 2.14 bits per heavy atom. The fraction of sp³-hybridized carbons (Fsp3) is 0.353. The molecule has 0 aliphatic heterocycles. The van der Waals surface area contributed by atoms with E-state index >= 15 is 0 Å². The lowest BCUT2D eigenvalue weighted by Gasteiger charge is -2.15. The quantitative estimate of drug-likeness (QED) is 0.861. The maximum atomic E-state index is 12.5. The van der Waals surface area contributed by atoms with Gasteiger partial charge in [-0.25, -0.2) is 0 Å². The molecular weight excluding hydrogens is 296 g/mol. The molecule has 1 unspecified atom stereocenters. The molecule has 2 aromatic rings. The smallest absolute Gasteiger partial charge is 0.265 e. The van der Waals surface area contributed by atoms with E-state index in [4.69, 9.17) is 10.5 Å². The molecule has 1 aliphatic carbocycles. The van der Waals surface area contributed by atoms with Crippen molar-refractivity contribution < 1.29 is 9.53 Å². The van der Waals surface area contributed by atoms with Crippen LogP contribution in [0.25, 0.3) is 10.4 Å². The normalized spacial score (nSPS) is 15.4. The fourth-order valence-electron chi connectivity index (χ4n) is 2.53. The molecule has 1 heterocycles. The average molecular weight is 316 g/mol. The predicted octanol–water partition coefficient (Wildman–Crippen LogP) is 2.89. The highest BCUT2D eigenvalue weighted by Gasteiger charge is 2.32. The highest BCUT2D eigenvalue weighted by atomic mass is 32.1. The lowest BCUT2D eigenvalue weighted by atomic mass is 10.2. The standard InChI is InChI=1S/C17H20N2O2S/c1-21-14-9-15(12-5-3-2-4-6-12)22-16(14)17(20)19-13(10-18)11-7-8-11/h2-6,9,11,13H,7-8,10,18H2,1H3,(H,19,20). The van der Waals surface area contributed by atoms with E-state index in [1.165, 1.54) is 11.3 Å². The van der Waals surface area contributed by atoms with Gasteiger partial charge in [-0.3, -0.25) is 4.79 Å². The van der Waals surface area contributed by atoms with Crippen LogP contribution in [0.5, 0.6) is 5.75 Å². The van der Waals surface area contributed by atoms with E-state index in [0.29, 0.717) is 23.1 Å². The van der Waals surface area contributed by atoms with E-state index < -0.39 is 0 Å². The third-order valence-corrected chi connectivity index (χ3v) is 5.11. The molecule has 3 rings (SSSR count). The van der Waals surface area contributed by atoms with Crippen molar-refractivity contribution in [1.82, 2.24) is 5.32 Å². The topological polar surface area (TPSA) is 64.3 Å². The molecule has 1 aromatic heterocycles. The van der Waals surface area contributed by atoms with Crippen molar-refractivity contribution in [3.05, 3.63) is 41.3 Å². The molecular formula is C17H20N2O2S. The average Bonchev–Trinajstić information content (AvgIpc) is 3.31. The summed E-state index contributed by atoms with van der Waals surface area (Å²) in [5, 5.41) is 3.05. The van der Waals surface area contributed by atoms with Crippen LogP contribution in [0.1, 0.15) is 22.5 Å². The first-order valence-corrected chi connectivity index (χ1v) is 8.28. The van der Waals surface area contributed by atoms with Gasteiger partial charge in [-0.1, -0.05) is 30.3 Å². The van der Waals surface area contributed by atoms with Gasteiger partial charge in [0.2, 0.25) is 0 Å². The van der Waals surface area contributed by atoms with Gasteiger partial charge in [0.15, 0.2) is 0 Å². The van der Waals surface area contributed by atoms with Crippen molar-refractivity contribution in [3.8, 4) is 16.2 Å². The Hall–Kier alpha value is -1.85. The molecule has 5 heteroatoms. The number of ether oxygens (including phenoxy) is 1. The van der Waals surface area contributed by atoms with Crippen LogP contribution in [0.2, 0.25) is 0 Å². The van der Waals surface area contributed by atoms with Gasteiger partial charge >= 0.3 is 0 Å². The van der Waals surface area contributed by atoms with Gasteiger partial charge in [-0.2, -0.15) is 0 Å². The van der Waals surface area contributed by atoms with Crippen LogP contribution in [0.15, 0.2) is 36.4 Å². The molecule has 3 N–H and O–H groups in total. The Bertz CT molecular complexity index is 650. The second kappa shape index (κ2) is 6.50. The molecule has 1 saturated carbocycles. The Morgan fingerprint density at radius 3 is 2.73 bits per heavy atom. The zero-order valence-electron chi connectivity index (χ0n) is 12.5. The summed E-state index contributed by atoms with van der Waals surface area (Å²) in [6.07, 6.45) is 2.30. The molecule has 1 fully saturated rings. The van der Waals surface area contributed by atoms with Crippen molar-refractivity contribution in [1.29, 1.82) is 0 Å². The van der Waals surface area contributed by atoms with Gasteiger partial charge in [-0.15, -0.1) is 11.3 Å². The molecule has 0 spiro atoms. The lowest BCUT2D eigenvalue weighted by molar-refractivity contribution is 0.0935. The van der Waals surface area contributed by atoms with E-state index in [1.54, 1.807) is 7.11 Å². The minimum absolute atomic E-state index is 0.0690. The third kappa shape index (κ3) is 3.15. The maximum Gasteiger partial charge on any atom is 0.265 e. The molecule has 1 aromatic carbocycles. The number of nitrogens with one attached hydrogen (secondary N) is 1. The van der Waals surface area contributed by atoms with Gasteiger partial charge in [-0.05, 0) is 30.4 Å². The van der Waals surface area contributed by atoms with Crippen LogP contribution < -0.4 is 15.8 Å². The summed E-state index contributed by atoms with van der Waals surface area (Å²) >= 11 is 1.45. The minimum atomic E-state index is -0.0913. The van der Waals surface area contributed by atoms with Gasteiger partial charge in [0.05, 0.1) is 7.11 Å². The lowest BCUT2D eigenvalue weighted by Crippen LogP contribution is -2.41. The minimum Gasteiger partial charge on any atom is -0.495 e. The Morgan fingerprint density at radius 1 is 1.41 bits per heavy atom. The molecule has 0 bridgehead atoms. The van der Waals surface area contributed by atoms with Crippen LogP contribution >= 0.6 is 11.3 Å². The van der Waals surface area contributed by atoms with Crippen LogP contribution in [-0.4, -0.2) is 25.6 Å². The first-order valence-electron chi connectivity index (χ1n) is 7.47. The van der Waals surface area contributed by atoms with Crippen molar-refractivity contribution in [3.63, 3.8) is 0 Å². The van der Waals surface area contributed by atoms with Crippen molar-refractivity contribution in [2.24, 2.45) is 11.7 Å². The summed E-state index contributed by atoms with van der Waals surface area (Å²) in [7, 11) is 1.59.